The van der Waals surface area contributed by atoms with Gasteiger partial charge in [-0.3, -0.25) is 0 Å². The lowest BCUT2D eigenvalue weighted by Gasteiger charge is -2.41. The molecule has 0 unspecified atom stereocenters. The van der Waals surface area contributed by atoms with E-state index in [1.807, 2.05) is 46.7 Å². The summed E-state index contributed by atoms with van der Waals surface area (Å²) in [7, 11) is 0. The average Bonchev–Trinajstić information content (AvgIpc) is 3.52. The molecule has 0 aliphatic carbocycles. The maximum Gasteiger partial charge on any atom is 0.0706 e. The number of benzene rings is 10. The lowest BCUT2D eigenvalue weighted by atomic mass is 10.0. The Hall–Kier alpha value is -9.66. The molecule has 10 aromatic rings. The summed E-state index contributed by atoms with van der Waals surface area (Å²) in [6, 6.07) is 93.9. The van der Waals surface area contributed by atoms with Crippen molar-refractivity contribution in [2.45, 2.75) is 25.7 Å². The lowest BCUT2D eigenvalue weighted by molar-refractivity contribution is 0.643. The normalized spacial score (nSPS) is 12.6. The van der Waals surface area contributed by atoms with Crippen LogP contribution in [0.3, 0.4) is 0 Å². The Balaban J connectivity index is 0.793. The van der Waals surface area contributed by atoms with Crippen molar-refractivity contribution in [2.75, 3.05) is 42.7 Å². The number of hydrazone groups is 2. The summed E-state index contributed by atoms with van der Waals surface area (Å²) in [5.74, 6) is 0. The van der Waals surface area contributed by atoms with Crippen LogP contribution in [0.1, 0.15) is 36.8 Å². The van der Waals surface area contributed by atoms with Gasteiger partial charge < -0.3 is 19.6 Å². The van der Waals surface area contributed by atoms with Gasteiger partial charge in [0.05, 0.1) is 80.7 Å². The highest BCUT2D eigenvalue weighted by Gasteiger charge is 2.31. The van der Waals surface area contributed by atoms with Crippen LogP contribution >= 0.6 is 0 Å². The fourth-order valence-electron chi connectivity index (χ4n) is 10.5. The third-order valence-electron chi connectivity index (χ3n) is 14.1. The number of para-hydroxylation sites is 10. The maximum atomic E-state index is 5.10. The van der Waals surface area contributed by atoms with Crippen LogP contribution in [-0.2, 0) is 0 Å². The molecule has 8 nitrogen and oxygen atoms in total. The minimum atomic E-state index is 0.896. The SMILES string of the molecule is C(=NN(c1ccccc1)c1ccccc1)c1ccc2c(c1)N(c1ccccc1)c1ccccc1N2CCCCCCN1c2ccccc2N(c2ccccc2)c2cc(C=NN(c3ccccc3)c3ccccc3)ccc21. The second kappa shape index (κ2) is 22.2. The van der Waals surface area contributed by atoms with Gasteiger partial charge in [0.2, 0.25) is 0 Å². The van der Waals surface area contributed by atoms with Crippen molar-refractivity contribution in [3.8, 4) is 0 Å². The first kappa shape index (κ1) is 47.4. The zero-order valence-corrected chi connectivity index (χ0v) is 42.4. The first-order chi connectivity index (χ1) is 37.7. The summed E-state index contributed by atoms with van der Waals surface area (Å²) in [5.41, 5.74) is 17.7. The minimum absolute atomic E-state index is 0.896. The van der Waals surface area contributed by atoms with E-state index < -0.39 is 0 Å². The smallest absolute Gasteiger partial charge is 0.0706 e. The van der Waals surface area contributed by atoms with E-state index in [0.717, 1.165) is 107 Å². The molecule has 0 radical (unpaired) electrons. The van der Waals surface area contributed by atoms with Gasteiger partial charge in [0, 0.05) is 24.5 Å². The zero-order chi connectivity index (χ0) is 50.9. The molecule has 370 valence electrons. The largest absolute Gasteiger partial charge is 0.338 e. The lowest BCUT2D eigenvalue weighted by Crippen LogP contribution is -2.28. The number of fused-ring (bicyclic) bond motifs is 4. The number of rotatable bonds is 17. The molecule has 12 rings (SSSR count). The van der Waals surface area contributed by atoms with E-state index in [9.17, 15) is 0 Å². The van der Waals surface area contributed by atoms with Gasteiger partial charge in [0.25, 0.3) is 0 Å². The average molecular weight is 987 g/mol. The van der Waals surface area contributed by atoms with Crippen LogP contribution in [0.2, 0.25) is 0 Å². The van der Waals surface area contributed by atoms with E-state index in [-0.39, 0.29) is 0 Å². The second-order valence-corrected chi connectivity index (χ2v) is 19.0. The van der Waals surface area contributed by atoms with Crippen molar-refractivity contribution < 1.29 is 0 Å². The fourth-order valence-corrected chi connectivity index (χ4v) is 10.5. The molecule has 0 aromatic heterocycles. The molecular formula is C68H58N8. The topological polar surface area (TPSA) is 44.2 Å². The van der Waals surface area contributed by atoms with E-state index in [1.165, 1.54) is 22.7 Å². The van der Waals surface area contributed by atoms with Crippen LogP contribution in [-0.4, -0.2) is 25.5 Å². The monoisotopic (exact) mass is 986 g/mol. The van der Waals surface area contributed by atoms with Gasteiger partial charge in [-0.1, -0.05) is 158 Å². The molecule has 0 atom stereocenters. The van der Waals surface area contributed by atoms with Crippen LogP contribution in [0.15, 0.2) is 277 Å². The standard InChI is InChI=1S/C68H58N8/c1(25-47-71-61-39-21-23-41-65(61)73(55-27-9-3-10-28-55)67-49-53(43-45-63(67)71)51-69-75(57-31-13-5-14-32-57)58-33-15-6-16-34-58)2-26-48-72-62-40-22-24-42-66(62)74(56-29-11-4-12-30-56)68-50-54(44-46-64(68)72)52-70-76(59-35-17-7-18-36-59)60-37-19-8-20-38-60/h3-24,27-46,49-52H,1-2,25-26,47-48H2. The molecule has 0 saturated heterocycles. The Morgan fingerprint density at radius 2 is 0.566 bits per heavy atom. The zero-order valence-electron chi connectivity index (χ0n) is 42.4. The molecule has 0 fully saturated rings. The highest BCUT2D eigenvalue weighted by Crippen LogP contribution is 2.53. The quantitative estimate of drug-likeness (QED) is 0.0515. The summed E-state index contributed by atoms with van der Waals surface area (Å²) in [4.78, 5) is 9.86. The van der Waals surface area contributed by atoms with Gasteiger partial charge in [-0.2, -0.15) is 10.2 Å². The summed E-state index contributed by atoms with van der Waals surface area (Å²) in [5, 5.41) is 14.2. The summed E-state index contributed by atoms with van der Waals surface area (Å²) >= 11 is 0. The van der Waals surface area contributed by atoms with Crippen LogP contribution in [0.25, 0.3) is 0 Å². The molecule has 2 aliphatic heterocycles. The summed E-state index contributed by atoms with van der Waals surface area (Å²) < 4.78 is 0. The third kappa shape index (κ3) is 9.92. The van der Waals surface area contributed by atoms with Gasteiger partial charge in [-0.15, -0.1) is 0 Å². The highest BCUT2D eigenvalue weighted by molar-refractivity contribution is 6.01. The van der Waals surface area contributed by atoms with Crippen molar-refractivity contribution in [3.05, 3.63) is 278 Å². The second-order valence-electron chi connectivity index (χ2n) is 19.0. The first-order valence-corrected chi connectivity index (χ1v) is 26.4. The van der Waals surface area contributed by atoms with E-state index in [2.05, 4.69) is 262 Å². The van der Waals surface area contributed by atoms with Gasteiger partial charge in [-0.05, 0) is 145 Å². The Morgan fingerprint density at radius 3 is 0.908 bits per heavy atom. The van der Waals surface area contributed by atoms with Crippen molar-refractivity contribution in [1.29, 1.82) is 0 Å². The Labute approximate surface area is 446 Å². The number of anilines is 14. The summed E-state index contributed by atoms with van der Waals surface area (Å²) in [6.07, 6.45) is 8.25. The molecule has 0 spiro atoms. The molecular weight excluding hydrogens is 929 g/mol. The minimum Gasteiger partial charge on any atom is -0.338 e. The number of nitrogens with zero attached hydrogens (tertiary/aromatic N) is 8. The van der Waals surface area contributed by atoms with Crippen molar-refractivity contribution in [1.82, 2.24) is 0 Å². The van der Waals surface area contributed by atoms with E-state index in [0.29, 0.717) is 0 Å². The number of unbranched alkanes of at least 4 members (excludes halogenated alkanes) is 3. The van der Waals surface area contributed by atoms with Crippen LogP contribution in [0.4, 0.5) is 79.6 Å². The maximum absolute atomic E-state index is 5.10. The molecule has 0 saturated carbocycles. The Morgan fingerprint density at radius 1 is 0.276 bits per heavy atom. The molecule has 0 bridgehead atoms. The summed E-state index contributed by atoms with van der Waals surface area (Å²) in [6.45, 7) is 1.79. The van der Waals surface area contributed by atoms with Crippen LogP contribution < -0.4 is 29.6 Å². The van der Waals surface area contributed by atoms with E-state index >= 15 is 0 Å². The van der Waals surface area contributed by atoms with Gasteiger partial charge in [-0.25, -0.2) is 10.0 Å². The molecule has 0 amide bonds. The van der Waals surface area contributed by atoms with Crippen LogP contribution in [0, 0.1) is 0 Å². The van der Waals surface area contributed by atoms with Gasteiger partial charge in [0.1, 0.15) is 0 Å². The predicted molar refractivity (Wildman–Crippen MR) is 320 cm³/mol. The van der Waals surface area contributed by atoms with Crippen molar-refractivity contribution in [3.63, 3.8) is 0 Å². The van der Waals surface area contributed by atoms with Gasteiger partial charge in [0.15, 0.2) is 0 Å². The van der Waals surface area contributed by atoms with Crippen LogP contribution in [0.5, 0.6) is 0 Å². The number of hydrogen-bond acceptors (Lipinski definition) is 8. The number of hydrogen-bond donors (Lipinski definition) is 0. The van der Waals surface area contributed by atoms with Gasteiger partial charge >= 0.3 is 0 Å². The van der Waals surface area contributed by atoms with E-state index in [1.54, 1.807) is 0 Å². The first-order valence-electron chi connectivity index (χ1n) is 26.4. The molecule has 2 aliphatic rings. The third-order valence-corrected chi connectivity index (χ3v) is 14.1. The molecule has 8 heteroatoms. The Kier molecular flexibility index (Phi) is 13.8. The molecule has 2 heterocycles. The Bertz CT molecular complexity index is 3260. The highest BCUT2D eigenvalue weighted by atomic mass is 15.5. The molecule has 10 aromatic carbocycles. The molecule has 76 heavy (non-hydrogen) atoms. The fraction of sp³-hybridized carbons (Fsp3) is 0.0882. The van der Waals surface area contributed by atoms with Crippen molar-refractivity contribution >= 4 is 92.1 Å². The molecule has 0 N–H and O–H groups in total. The predicted octanol–water partition coefficient (Wildman–Crippen LogP) is 18.1. The van der Waals surface area contributed by atoms with E-state index in [4.69, 9.17) is 10.2 Å². The van der Waals surface area contributed by atoms with Crippen molar-refractivity contribution in [2.24, 2.45) is 10.2 Å².